The number of rotatable bonds is 5. The summed E-state index contributed by atoms with van der Waals surface area (Å²) in [5.74, 6) is 1.76. The maximum Gasteiger partial charge on any atom is 0.138 e. The third kappa shape index (κ3) is 5.30. The van der Waals surface area contributed by atoms with Crippen LogP contribution in [0.1, 0.15) is 33.5 Å². The molecular weight excluding hydrogens is 254 g/mol. The van der Waals surface area contributed by atoms with Crippen LogP contribution in [-0.4, -0.2) is 52.8 Å². The smallest absolute Gasteiger partial charge is 0.138 e. The van der Waals surface area contributed by atoms with Crippen LogP contribution in [0.5, 0.6) is 0 Å². The summed E-state index contributed by atoms with van der Waals surface area (Å²) in [6.07, 6.45) is 0. The molecule has 0 aliphatic heterocycles. The fraction of sp³-hybridized carbons (Fsp3) is 0.714. The first-order valence-corrected chi connectivity index (χ1v) is 6.76. The molecule has 0 aliphatic rings. The first-order chi connectivity index (χ1) is 8.99. The number of aromatic nitrogens is 2. The minimum atomic E-state index is -0.842. The van der Waals surface area contributed by atoms with E-state index in [2.05, 4.69) is 15.3 Å². The quantitative estimate of drug-likeness (QED) is 0.748. The summed E-state index contributed by atoms with van der Waals surface area (Å²) < 4.78 is 0. The van der Waals surface area contributed by atoms with Crippen LogP contribution >= 0.6 is 0 Å². The van der Waals surface area contributed by atoms with Crippen molar-refractivity contribution in [2.24, 2.45) is 0 Å². The van der Waals surface area contributed by atoms with Crippen molar-refractivity contribution < 1.29 is 5.11 Å². The molecule has 20 heavy (non-hydrogen) atoms. The van der Waals surface area contributed by atoms with E-state index in [1.54, 1.807) is 13.0 Å². The zero-order valence-electron chi connectivity index (χ0n) is 13.4. The molecule has 1 aromatic heterocycles. The second kappa shape index (κ2) is 5.93. The number of anilines is 2. The summed E-state index contributed by atoms with van der Waals surface area (Å²) in [5.41, 5.74) is 4.80. The molecule has 0 amide bonds. The third-order valence-electron chi connectivity index (χ3n) is 2.72. The van der Waals surface area contributed by atoms with E-state index in [1.165, 1.54) is 0 Å². The third-order valence-corrected chi connectivity index (χ3v) is 2.72. The van der Waals surface area contributed by atoms with Gasteiger partial charge in [0.15, 0.2) is 0 Å². The largest absolute Gasteiger partial charge is 0.387 e. The van der Waals surface area contributed by atoms with Gasteiger partial charge in [0.1, 0.15) is 17.5 Å². The van der Waals surface area contributed by atoms with Crippen LogP contribution in [0.25, 0.3) is 0 Å². The highest BCUT2D eigenvalue weighted by molar-refractivity contribution is 5.45. The standard InChI is InChI=1S/C14H27N5O/c1-13(2,3)12-17-10(15)7-11(18-12)16-8-14(4,20)9-19(5)6/h7,20H,8-9H2,1-6H3,(H3,15,16,17,18). The molecule has 6 nitrogen and oxygen atoms in total. The monoisotopic (exact) mass is 281 g/mol. The maximum absolute atomic E-state index is 10.3. The summed E-state index contributed by atoms with van der Waals surface area (Å²) in [4.78, 5) is 10.7. The predicted octanol–water partition coefficient (Wildman–Crippen LogP) is 1.08. The normalized spacial score (nSPS) is 15.2. The Bertz CT molecular complexity index is 451. The fourth-order valence-corrected chi connectivity index (χ4v) is 1.91. The maximum atomic E-state index is 10.3. The van der Waals surface area contributed by atoms with Gasteiger partial charge in [0.2, 0.25) is 0 Å². The Labute approximate surface area is 121 Å². The Kier molecular flexibility index (Phi) is 4.94. The fourth-order valence-electron chi connectivity index (χ4n) is 1.91. The van der Waals surface area contributed by atoms with Crippen LogP contribution in [-0.2, 0) is 5.41 Å². The number of nitrogens with two attached hydrogens (primary N) is 1. The summed E-state index contributed by atoms with van der Waals surface area (Å²) in [6, 6.07) is 1.68. The first-order valence-electron chi connectivity index (χ1n) is 6.76. The van der Waals surface area contributed by atoms with Gasteiger partial charge in [0, 0.05) is 24.6 Å². The van der Waals surface area contributed by atoms with Gasteiger partial charge in [0.25, 0.3) is 0 Å². The van der Waals surface area contributed by atoms with Gasteiger partial charge in [-0.15, -0.1) is 0 Å². The number of nitrogens with one attached hydrogen (secondary N) is 1. The lowest BCUT2D eigenvalue weighted by Gasteiger charge is -2.27. The number of hydrogen-bond donors (Lipinski definition) is 3. The van der Waals surface area contributed by atoms with Crippen LogP contribution in [0.3, 0.4) is 0 Å². The van der Waals surface area contributed by atoms with Crippen molar-refractivity contribution in [2.45, 2.75) is 38.7 Å². The molecular formula is C14H27N5O. The van der Waals surface area contributed by atoms with E-state index < -0.39 is 5.60 Å². The average Bonchev–Trinajstić information content (AvgIpc) is 2.23. The molecule has 0 aromatic carbocycles. The summed E-state index contributed by atoms with van der Waals surface area (Å²) in [7, 11) is 3.85. The topological polar surface area (TPSA) is 87.3 Å². The Balaban J connectivity index is 2.81. The SMILES string of the molecule is CN(C)CC(C)(O)CNc1cc(N)nc(C(C)(C)C)n1. The molecule has 0 spiro atoms. The molecule has 1 unspecified atom stereocenters. The van der Waals surface area contributed by atoms with Crippen LogP contribution in [0.2, 0.25) is 0 Å². The summed E-state index contributed by atoms with van der Waals surface area (Å²) in [5, 5.41) is 13.4. The van der Waals surface area contributed by atoms with Gasteiger partial charge in [-0.2, -0.15) is 0 Å². The second-order valence-corrected chi connectivity index (χ2v) is 6.84. The van der Waals surface area contributed by atoms with Gasteiger partial charge < -0.3 is 21.1 Å². The average molecular weight is 281 g/mol. The zero-order valence-corrected chi connectivity index (χ0v) is 13.4. The Morgan fingerprint density at radius 3 is 2.35 bits per heavy atom. The van der Waals surface area contributed by atoms with Gasteiger partial charge >= 0.3 is 0 Å². The predicted molar refractivity (Wildman–Crippen MR) is 82.8 cm³/mol. The molecule has 1 aromatic rings. The molecule has 0 saturated carbocycles. The van der Waals surface area contributed by atoms with Gasteiger partial charge in [-0.3, -0.25) is 0 Å². The van der Waals surface area contributed by atoms with Crippen LogP contribution in [0.4, 0.5) is 11.6 Å². The number of likely N-dealkylation sites (N-methyl/N-ethyl adjacent to an activating group) is 1. The van der Waals surface area contributed by atoms with Crippen LogP contribution in [0, 0.1) is 0 Å². The van der Waals surface area contributed by atoms with Crippen LogP contribution < -0.4 is 11.1 Å². The van der Waals surface area contributed by atoms with E-state index >= 15 is 0 Å². The van der Waals surface area contributed by atoms with E-state index in [0.717, 1.165) is 0 Å². The lowest BCUT2D eigenvalue weighted by molar-refractivity contribution is 0.0459. The molecule has 1 rings (SSSR count). The number of nitrogen functional groups attached to an aromatic ring is 1. The minimum absolute atomic E-state index is 0.169. The van der Waals surface area contributed by atoms with Crippen molar-refractivity contribution in [2.75, 3.05) is 38.2 Å². The molecule has 4 N–H and O–H groups in total. The van der Waals surface area contributed by atoms with E-state index in [1.807, 2.05) is 39.8 Å². The zero-order chi connectivity index (χ0) is 15.6. The van der Waals surface area contributed by atoms with Crippen LogP contribution in [0.15, 0.2) is 6.07 Å². The van der Waals surface area contributed by atoms with Crippen molar-refractivity contribution in [3.63, 3.8) is 0 Å². The highest BCUT2D eigenvalue weighted by Crippen LogP contribution is 2.21. The summed E-state index contributed by atoms with van der Waals surface area (Å²) in [6.45, 7) is 8.85. The van der Waals surface area contributed by atoms with E-state index in [-0.39, 0.29) is 5.41 Å². The number of nitrogens with zero attached hydrogens (tertiary/aromatic N) is 3. The Morgan fingerprint density at radius 2 is 1.85 bits per heavy atom. The number of hydrogen-bond acceptors (Lipinski definition) is 6. The van der Waals surface area contributed by atoms with E-state index in [4.69, 9.17) is 5.73 Å². The van der Waals surface area contributed by atoms with Gasteiger partial charge in [-0.1, -0.05) is 20.8 Å². The lowest BCUT2D eigenvalue weighted by Crippen LogP contribution is -2.43. The minimum Gasteiger partial charge on any atom is -0.387 e. The highest BCUT2D eigenvalue weighted by atomic mass is 16.3. The van der Waals surface area contributed by atoms with Gasteiger partial charge in [-0.25, -0.2) is 9.97 Å². The molecule has 6 heteroatoms. The first kappa shape index (κ1) is 16.7. The molecule has 114 valence electrons. The van der Waals surface area contributed by atoms with Crippen molar-refractivity contribution in [3.05, 3.63) is 11.9 Å². The van der Waals surface area contributed by atoms with Crippen molar-refractivity contribution in [3.8, 4) is 0 Å². The number of aliphatic hydroxyl groups is 1. The Hall–Kier alpha value is -1.40. The molecule has 0 aliphatic carbocycles. The van der Waals surface area contributed by atoms with Crippen molar-refractivity contribution in [1.82, 2.24) is 14.9 Å². The Morgan fingerprint density at radius 1 is 1.25 bits per heavy atom. The second-order valence-electron chi connectivity index (χ2n) is 6.84. The molecule has 0 bridgehead atoms. The molecule has 1 heterocycles. The van der Waals surface area contributed by atoms with Crippen molar-refractivity contribution >= 4 is 11.6 Å². The van der Waals surface area contributed by atoms with Gasteiger partial charge in [-0.05, 0) is 21.0 Å². The van der Waals surface area contributed by atoms with E-state index in [9.17, 15) is 5.11 Å². The van der Waals surface area contributed by atoms with Gasteiger partial charge in [0.05, 0.1) is 5.60 Å². The van der Waals surface area contributed by atoms with E-state index in [0.29, 0.717) is 30.5 Å². The molecule has 0 radical (unpaired) electrons. The summed E-state index contributed by atoms with van der Waals surface area (Å²) >= 11 is 0. The van der Waals surface area contributed by atoms with Crippen molar-refractivity contribution in [1.29, 1.82) is 0 Å². The molecule has 0 saturated heterocycles. The molecule has 0 fully saturated rings. The molecule has 1 atom stereocenters. The highest BCUT2D eigenvalue weighted by Gasteiger charge is 2.22. The lowest BCUT2D eigenvalue weighted by atomic mass is 9.96.